The van der Waals surface area contributed by atoms with Crippen molar-refractivity contribution >= 4 is 27.3 Å². The van der Waals surface area contributed by atoms with Crippen molar-refractivity contribution in [2.75, 3.05) is 6.61 Å². The SMILES string of the molecule is CCCc1nc(CCO)c(Br)s1. The molecule has 1 aromatic rings. The number of hydrogen-bond acceptors (Lipinski definition) is 3. The van der Waals surface area contributed by atoms with Gasteiger partial charge < -0.3 is 5.11 Å². The van der Waals surface area contributed by atoms with E-state index in [0.29, 0.717) is 6.42 Å². The highest BCUT2D eigenvalue weighted by molar-refractivity contribution is 9.11. The smallest absolute Gasteiger partial charge is 0.0940 e. The quantitative estimate of drug-likeness (QED) is 0.890. The van der Waals surface area contributed by atoms with Crippen molar-refractivity contribution < 1.29 is 5.11 Å². The molecule has 1 aromatic heterocycles. The van der Waals surface area contributed by atoms with Crippen LogP contribution in [0.3, 0.4) is 0 Å². The fourth-order valence-electron chi connectivity index (χ4n) is 0.961. The van der Waals surface area contributed by atoms with Gasteiger partial charge in [-0.3, -0.25) is 0 Å². The van der Waals surface area contributed by atoms with Gasteiger partial charge in [0.25, 0.3) is 0 Å². The average molecular weight is 250 g/mol. The Balaban J connectivity index is 2.70. The topological polar surface area (TPSA) is 33.1 Å². The van der Waals surface area contributed by atoms with Gasteiger partial charge in [0.2, 0.25) is 0 Å². The normalized spacial score (nSPS) is 10.6. The van der Waals surface area contributed by atoms with E-state index in [-0.39, 0.29) is 6.61 Å². The van der Waals surface area contributed by atoms with Gasteiger partial charge in [0.15, 0.2) is 0 Å². The molecule has 0 aliphatic carbocycles. The molecular formula is C8H12BrNOS. The first-order valence-corrected chi connectivity index (χ1v) is 5.63. The number of aliphatic hydroxyl groups excluding tert-OH is 1. The summed E-state index contributed by atoms with van der Waals surface area (Å²) < 4.78 is 1.07. The van der Waals surface area contributed by atoms with Crippen molar-refractivity contribution in [3.63, 3.8) is 0 Å². The van der Waals surface area contributed by atoms with Gasteiger partial charge >= 0.3 is 0 Å². The molecule has 0 spiro atoms. The lowest BCUT2D eigenvalue weighted by Gasteiger charge is -1.90. The minimum Gasteiger partial charge on any atom is -0.396 e. The summed E-state index contributed by atoms with van der Waals surface area (Å²) in [5.74, 6) is 0. The lowest BCUT2D eigenvalue weighted by atomic mass is 10.3. The Morgan fingerprint density at radius 1 is 1.50 bits per heavy atom. The van der Waals surface area contributed by atoms with Crippen molar-refractivity contribution in [1.82, 2.24) is 4.98 Å². The van der Waals surface area contributed by atoms with Crippen LogP contribution in [0, 0.1) is 0 Å². The first-order chi connectivity index (χ1) is 5.77. The minimum absolute atomic E-state index is 0.175. The van der Waals surface area contributed by atoms with Crippen molar-refractivity contribution in [2.45, 2.75) is 26.2 Å². The first-order valence-electron chi connectivity index (χ1n) is 4.02. The molecule has 0 amide bonds. The summed E-state index contributed by atoms with van der Waals surface area (Å²) >= 11 is 5.11. The third-order valence-corrected chi connectivity index (χ3v) is 3.40. The van der Waals surface area contributed by atoms with Crippen molar-refractivity contribution in [1.29, 1.82) is 0 Å². The molecule has 68 valence electrons. The summed E-state index contributed by atoms with van der Waals surface area (Å²) in [5, 5.41) is 9.89. The predicted molar refractivity (Wildman–Crippen MR) is 54.6 cm³/mol. The minimum atomic E-state index is 0.175. The van der Waals surface area contributed by atoms with Gasteiger partial charge in [-0.15, -0.1) is 11.3 Å². The molecule has 0 atom stereocenters. The highest BCUT2D eigenvalue weighted by Gasteiger charge is 2.06. The maximum absolute atomic E-state index is 8.73. The van der Waals surface area contributed by atoms with Crippen LogP contribution in [-0.2, 0) is 12.8 Å². The predicted octanol–water partition coefficient (Wildman–Crippen LogP) is 2.39. The Labute approximate surface area is 84.8 Å². The molecule has 0 radical (unpaired) electrons. The van der Waals surface area contributed by atoms with Crippen LogP contribution in [0.5, 0.6) is 0 Å². The molecule has 0 bridgehead atoms. The fourth-order valence-corrected chi connectivity index (χ4v) is 2.74. The maximum Gasteiger partial charge on any atom is 0.0940 e. The molecule has 2 nitrogen and oxygen atoms in total. The zero-order valence-corrected chi connectivity index (χ0v) is 9.41. The second-order valence-corrected chi connectivity index (χ2v) is 4.95. The summed E-state index contributed by atoms with van der Waals surface area (Å²) in [7, 11) is 0. The summed E-state index contributed by atoms with van der Waals surface area (Å²) in [6, 6.07) is 0. The van der Waals surface area contributed by atoms with Gasteiger partial charge in [-0.25, -0.2) is 4.98 Å². The monoisotopic (exact) mass is 249 g/mol. The Bertz CT molecular complexity index is 249. The van der Waals surface area contributed by atoms with E-state index in [2.05, 4.69) is 27.8 Å². The number of hydrogen-bond donors (Lipinski definition) is 1. The van der Waals surface area contributed by atoms with E-state index >= 15 is 0 Å². The number of nitrogens with zero attached hydrogens (tertiary/aromatic N) is 1. The molecule has 0 fully saturated rings. The molecule has 12 heavy (non-hydrogen) atoms. The molecule has 0 aliphatic rings. The summed E-state index contributed by atoms with van der Waals surface area (Å²) in [6.07, 6.45) is 2.81. The largest absolute Gasteiger partial charge is 0.396 e. The van der Waals surface area contributed by atoms with E-state index in [1.54, 1.807) is 11.3 Å². The number of aryl methyl sites for hydroxylation is 1. The standard InChI is InChI=1S/C8H12BrNOS/c1-2-3-7-10-6(4-5-11)8(9)12-7/h11H,2-5H2,1H3. The van der Waals surface area contributed by atoms with Gasteiger partial charge in [0, 0.05) is 13.0 Å². The Hall–Kier alpha value is 0.0700. The molecule has 1 rings (SSSR count). The molecule has 0 aromatic carbocycles. The van der Waals surface area contributed by atoms with Crippen LogP contribution in [0.2, 0.25) is 0 Å². The van der Waals surface area contributed by atoms with E-state index in [1.165, 1.54) is 0 Å². The molecular weight excluding hydrogens is 238 g/mol. The van der Waals surface area contributed by atoms with Crippen LogP contribution in [0.1, 0.15) is 24.0 Å². The van der Waals surface area contributed by atoms with Crippen LogP contribution in [0.25, 0.3) is 0 Å². The van der Waals surface area contributed by atoms with Crippen molar-refractivity contribution in [3.05, 3.63) is 14.5 Å². The fraction of sp³-hybridized carbons (Fsp3) is 0.625. The Morgan fingerprint density at radius 3 is 2.83 bits per heavy atom. The third kappa shape index (κ3) is 2.54. The second kappa shape index (κ2) is 4.94. The zero-order chi connectivity index (χ0) is 8.97. The van der Waals surface area contributed by atoms with Gasteiger partial charge in [-0.05, 0) is 28.8 Å². The number of aliphatic hydroxyl groups is 1. The van der Waals surface area contributed by atoms with Gasteiger partial charge in [0.1, 0.15) is 0 Å². The number of halogens is 1. The summed E-state index contributed by atoms with van der Waals surface area (Å²) in [5.41, 5.74) is 0.992. The van der Waals surface area contributed by atoms with Gasteiger partial charge in [-0.1, -0.05) is 6.92 Å². The lowest BCUT2D eigenvalue weighted by Crippen LogP contribution is -1.92. The highest BCUT2D eigenvalue weighted by atomic mass is 79.9. The van der Waals surface area contributed by atoms with Crippen molar-refractivity contribution in [3.8, 4) is 0 Å². The molecule has 1 heterocycles. The number of thiazole rings is 1. The molecule has 1 N–H and O–H groups in total. The highest BCUT2D eigenvalue weighted by Crippen LogP contribution is 2.25. The van der Waals surface area contributed by atoms with Gasteiger partial charge in [0.05, 0.1) is 14.5 Å². The molecule has 4 heteroatoms. The molecule has 0 saturated heterocycles. The van der Waals surface area contributed by atoms with Crippen LogP contribution < -0.4 is 0 Å². The number of aromatic nitrogens is 1. The summed E-state index contributed by atoms with van der Waals surface area (Å²) in [6.45, 7) is 2.31. The van der Waals surface area contributed by atoms with E-state index in [4.69, 9.17) is 5.11 Å². The summed E-state index contributed by atoms with van der Waals surface area (Å²) in [4.78, 5) is 4.40. The van der Waals surface area contributed by atoms with E-state index < -0.39 is 0 Å². The van der Waals surface area contributed by atoms with E-state index in [1.807, 2.05) is 0 Å². The molecule has 0 unspecified atom stereocenters. The Kier molecular flexibility index (Phi) is 4.18. The third-order valence-electron chi connectivity index (χ3n) is 1.51. The maximum atomic E-state index is 8.73. The zero-order valence-electron chi connectivity index (χ0n) is 7.01. The van der Waals surface area contributed by atoms with E-state index in [0.717, 1.165) is 27.3 Å². The average Bonchev–Trinajstić information content (AvgIpc) is 2.34. The van der Waals surface area contributed by atoms with E-state index in [9.17, 15) is 0 Å². The Morgan fingerprint density at radius 2 is 2.25 bits per heavy atom. The van der Waals surface area contributed by atoms with Crippen LogP contribution >= 0.6 is 27.3 Å². The molecule has 0 aliphatic heterocycles. The van der Waals surface area contributed by atoms with Crippen molar-refractivity contribution in [2.24, 2.45) is 0 Å². The second-order valence-electron chi connectivity index (χ2n) is 2.55. The van der Waals surface area contributed by atoms with Crippen LogP contribution in [0.15, 0.2) is 3.79 Å². The van der Waals surface area contributed by atoms with Gasteiger partial charge in [-0.2, -0.15) is 0 Å². The lowest BCUT2D eigenvalue weighted by molar-refractivity contribution is 0.298. The van der Waals surface area contributed by atoms with Crippen LogP contribution in [-0.4, -0.2) is 16.7 Å². The first kappa shape index (κ1) is 10.2. The number of rotatable bonds is 4. The molecule has 0 saturated carbocycles. The van der Waals surface area contributed by atoms with Crippen LogP contribution in [0.4, 0.5) is 0 Å².